The van der Waals surface area contributed by atoms with E-state index in [-0.39, 0.29) is 45.3 Å². The number of alkyl halides is 3. The van der Waals surface area contributed by atoms with E-state index in [0.29, 0.717) is 15.8 Å². The van der Waals surface area contributed by atoms with E-state index in [0.717, 1.165) is 11.3 Å². The molecule has 2 unspecified atom stereocenters. The van der Waals surface area contributed by atoms with Gasteiger partial charge in [-0.05, 0) is 24.8 Å². The van der Waals surface area contributed by atoms with Gasteiger partial charge in [-0.2, -0.15) is 18.2 Å². The van der Waals surface area contributed by atoms with Crippen molar-refractivity contribution < 1.29 is 22.5 Å². The Labute approximate surface area is 158 Å². The second kappa shape index (κ2) is 6.30. The second-order valence-corrected chi connectivity index (χ2v) is 7.97. The number of urea groups is 1. The van der Waals surface area contributed by atoms with Gasteiger partial charge >= 0.3 is 11.5 Å². The predicted octanol–water partition coefficient (Wildman–Crippen LogP) is 3.89. The monoisotopic (exact) mass is 415 g/mol. The Morgan fingerprint density at radius 2 is 2.11 bits per heavy atom. The minimum Gasteiger partial charge on any atom is -0.398 e. The van der Waals surface area contributed by atoms with Gasteiger partial charge in [0.15, 0.2) is 0 Å². The molecule has 4 N–H and O–H groups in total. The Morgan fingerprint density at radius 1 is 1.33 bits per heavy atom. The molecule has 0 bridgehead atoms. The van der Waals surface area contributed by atoms with Gasteiger partial charge in [0.05, 0.1) is 15.6 Å². The van der Waals surface area contributed by atoms with E-state index in [1.54, 1.807) is 25.1 Å². The number of carbonyl (C=O) groups is 1. The summed E-state index contributed by atoms with van der Waals surface area (Å²) in [5.41, 5.74) is 1.80. The normalized spacial score (nSPS) is 20.1. The van der Waals surface area contributed by atoms with E-state index >= 15 is 0 Å². The van der Waals surface area contributed by atoms with Gasteiger partial charge in [0.25, 0.3) is 5.89 Å². The summed E-state index contributed by atoms with van der Waals surface area (Å²) < 4.78 is 45.0. The third-order valence-corrected chi connectivity index (χ3v) is 6.21. The highest BCUT2D eigenvalue weighted by atomic mass is 32.2. The number of nitrogens with one attached hydrogen (secondary N) is 2. The topological polar surface area (TPSA) is 106 Å². The first kappa shape index (κ1) is 17.9. The number of thiophene rings is 1. The van der Waals surface area contributed by atoms with Crippen molar-refractivity contribution in [2.45, 2.75) is 29.4 Å². The number of anilines is 1. The van der Waals surface area contributed by atoms with Crippen LogP contribution in [0.1, 0.15) is 18.9 Å². The summed E-state index contributed by atoms with van der Waals surface area (Å²) in [5, 5.41) is 9.48. The molecule has 2 atom stereocenters. The second-order valence-electron chi connectivity index (χ2n) is 5.87. The van der Waals surface area contributed by atoms with Crippen LogP contribution in [0.25, 0.3) is 20.8 Å². The molecule has 0 spiro atoms. The lowest BCUT2D eigenvalue weighted by atomic mass is 10.2. The molecule has 0 radical (unpaired) electrons. The number of fused-ring (bicyclic) bond motifs is 1. The maximum atomic E-state index is 13.1. The van der Waals surface area contributed by atoms with Gasteiger partial charge in [-0.3, -0.25) is 0 Å². The number of nitrogen functional groups attached to an aromatic ring is 1. The van der Waals surface area contributed by atoms with Crippen molar-refractivity contribution in [1.82, 2.24) is 20.8 Å². The Balaban J connectivity index is 1.81. The Morgan fingerprint density at radius 3 is 2.78 bits per heavy atom. The number of aromatic nitrogens is 2. The van der Waals surface area contributed by atoms with Crippen molar-refractivity contribution in [2.75, 3.05) is 5.73 Å². The van der Waals surface area contributed by atoms with E-state index < -0.39 is 11.6 Å². The fourth-order valence-electron chi connectivity index (χ4n) is 2.81. The summed E-state index contributed by atoms with van der Waals surface area (Å²) in [6.45, 7) is 1.75. The summed E-state index contributed by atoms with van der Waals surface area (Å²) in [5.74, 6) is 0.134. The third kappa shape index (κ3) is 3.30. The van der Waals surface area contributed by atoms with Crippen molar-refractivity contribution in [3.8, 4) is 10.7 Å². The molecule has 1 fully saturated rings. The summed E-state index contributed by atoms with van der Waals surface area (Å²) in [7, 11) is 0. The first-order valence-electron chi connectivity index (χ1n) is 7.70. The van der Waals surface area contributed by atoms with Crippen molar-refractivity contribution in [3.05, 3.63) is 24.1 Å². The maximum Gasteiger partial charge on any atom is 0.446 e. The van der Waals surface area contributed by atoms with Crippen molar-refractivity contribution in [3.63, 3.8) is 0 Å². The third-order valence-electron chi connectivity index (χ3n) is 3.97. The number of nitrogens with zero attached hydrogens (tertiary/aromatic N) is 2. The zero-order chi connectivity index (χ0) is 19.3. The van der Waals surface area contributed by atoms with Gasteiger partial charge in [-0.25, -0.2) is 4.79 Å². The smallest absolute Gasteiger partial charge is 0.398 e. The van der Waals surface area contributed by atoms with Gasteiger partial charge in [-0.15, -0.1) is 11.3 Å². The molecule has 1 aromatic carbocycles. The van der Waals surface area contributed by atoms with E-state index in [4.69, 9.17) is 10.3 Å². The molecule has 2 amide bonds. The number of amides is 2. The minimum absolute atomic E-state index is 0.0192. The molecule has 1 saturated heterocycles. The lowest BCUT2D eigenvalue weighted by molar-refractivity contribution is -0.0327. The molecule has 1 aliphatic rings. The van der Waals surface area contributed by atoms with Crippen LogP contribution >= 0.6 is 23.1 Å². The van der Waals surface area contributed by atoms with Gasteiger partial charge in [0, 0.05) is 16.0 Å². The van der Waals surface area contributed by atoms with Crippen LogP contribution in [-0.2, 0) is 0 Å². The van der Waals surface area contributed by atoms with Gasteiger partial charge in [0.2, 0.25) is 5.82 Å². The quantitative estimate of drug-likeness (QED) is 0.443. The van der Waals surface area contributed by atoms with Crippen molar-refractivity contribution in [2.24, 2.45) is 0 Å². The molecule has 12 heteroatoms. The van der Waals surface area contributed by atoms with Crippen LogP contribution in [0.3, 0.4) is 0 Å². The Bertz CT molecular complexity index is 1030. The molecular formula is C15H12F3N5O2S2. The van der Waals surface area contributed by atoms with Crippen molar-refractivity contribution >= 4 is 44.9 Å². The highest BCUT2D eigenvalue weighted by Gasteiger charge is 2.36. The van der Waals surface area contributed by atoms with Crippen LogP contribution in [0, 0.1) is 0 Å². The van der Waals surface area contributed by atoms with Crippen LogP contribution < -0.4 is 16.4 Å². The average molecular weight is 415 g/mol. The zero-order valence-corrected chi connectivity index (χ0v) is 15.3. The molecule has 3 heterocycles. The summed E-state index contributed by atoms with van der Waals surface area (Å²) in [6, 6.07) is 3.55. The molecule has 27 heavy (non-hydrogen) atoms. The number of rotatable bonds is 3. The fourth-order valence-corrected chi connectivity index (χ4v) is 4.87. The fraction of sp³-hybridized carbons (Fsp3) is 0.267. The van der Waals surface area contributed by atoms with Gasteiger partial charge < -0.3 is 20.9 Å². The summed E-state index contributed by atoms with van der Waals surface area (Å²) in [4.78, 5) is 15.8. The number of hydrogen-bond acceptors (Lipinski definition) is 7. The number of benzene rings is 1. The first-order valence-corrected chi connectivity index (χ1v) is 9.34. The lowest BCUT2D eigenvalue weighted by Crippen LogP contribution is -2.24. The first-order chi connectivity index (χ1) is 12.7. The number of carbonyl (C=O) groups excluding carboxylic acids is 1. The Hall–Kier alpha value is -2.47. The van der Waals surface area contributed by atoms with E-state index in [9.17, 15) is 18.0 Å². The minimum atomic E-state index is -4.49. The Kier molecular flexibility index (Phi) is 4.18. The van der Waals surface area contributed by atoms with Gasteiger partial charge in [0.1, 0.15) is 6.04 Å². The average Bonchev–Trinajstić information content (AvgIpc) is 3.25. The summed E-state index contributed by atoms with van der Waals surface area (Å²) >= 11 is 0.828. The maximum absolute atomic E-state index is 13.1. The highest BCUT2D eigenvalue weighted by Crippen LogP contribution is 2.50. The van der Waals surface area contributed by atoms with Crippen LogP contribution in [0.15, 0.2) is 27.6 Å². The standard InChI is InChI=1S/C15H12F3N5O2S2/c1-5-8(21-14(24)20-5)13-22-12(23-25-13)11-10(27-15(16,17)18)6-3-2-4-7(19)9(6)26-11/h2-5,8H,19H2,1H3,(H2,20,21,24). The molecule has 2 aromatic heterocycles. The van der Waals surface area contributed by atoms with Gasteiger partial charge in [-0.1, -0.05) is 17.3 Å². The SMILES string of the molecule is CC1NC(=O)NC1c1nc(-c2sc3c(N)cccc3c2SC(F)(F)F)no1. The lowest BCUT2D eigenvalue weighted by Gasteiger charge is -2.07. The van der Waals surface area contributed by atoms with Crippen LogP contribution in [0.4, 0.5) is 23.7 Å². The van der Waals surface area contributed by atoms with Crippen LogP contribution in [0.2, 0.25) is 0 Å². The van der Waals surface area contributed by atoms with E-state index in [1.807, 2.05) is 0 Å². The molecule has 4 rings (SSSR count). The van der Waals surface area contributed by atoms with E-state index in [1.165, 1.54) is 0 Å². The molecule has 7 nitrogen and oxygen atoms in total. The number of nitrogens with two attached hydrogens (primary N) is 1. The molecule has 0 saturated carbocycles. The van der Waals surface area contributed by atoms with Crippen LogP contribution in [0.5, 0.6) is 0 Å². The number of halogens is 3. The summed E-state index contributed by atoms with van der Waals surface area (Å²) in [6.07, 6.45) is 0. The molecular weight excluding hydrogens is 403 g/mol. The molecule has 1 aliphatic heterocycles. The predicted molar refractivity (Wildman–Crippen MR) is 95.3 cm³/mol. The van der Waals surface area contributed by atoms with E-state index in [2.05, 4.69) is 20.8 Å². The van der Waals surface area contributed by atoms with Crippen LogP contribution in [-0.4, -0.2) is 27.7 Å². The molecule has 0 aliphatic carbocycles. The largest absolute Gasteiger partial charge is 0.446 e. The number of hydrogen-bond donors (Lipinski definition) is 3. The zero-order valence-electron chi connectivity index (χ0n) is 13.6. The highest BCUT2D eigenvalue weighted by molar-refractivity contribution is 8.00. The van der Waals surface area contributed by atoms with Crippen molar-refractivity contribution in [1.29, 1.82) is 0 Å². The molecule has 142 valence electrons. The molecule has 3 aromatic rings. The number of thioether (sulfide) groups is 1.